The molecule has 1 rings (SSSR count). The number of carbonyl (C=O) groups excluding carboxylic acids is 1. The van der Waals surface area contributed by atoms with Gasteiger partial charge < -0.3 is 15.4 Å². The van der Waals surface area contributed by atoms with E-state index in [1.54, 1.807) is 11.9 Å². The molecule has 2 N–H and O–H groups in total. The predicted octanol–water partition coefficient (Wildman–Crippen LogP) is 1.69. The molecule has 1 aromatic rings. The van der Waals surface area contributed by atoms with Crippen molar-refractivity contribution in [1.82, 2.24) is 0 Å². The third-order valence-corrected chi connectivity index (χ3v) is 2.94. The minimum Gasteiger partial charge on any atom is -0.468 e. The lowest BCUT2D eigenvalue weighted by molar-refractivity contribution is -0.138. The standard InChI is InChI=1S/C11H13BrN2O2S/c1-14(6-10(15)16-2)9-5-7(12)3-4-8(9)11(13)17/h3-5H,6H2,1-2H3,(H2,13,17). The Morgan fingerprint density at radius 2 is 2.24 bits per heavy atom. The van der Waals surface area contributed by atoms with Crippen LogP contribution in [0.1, 0.15) is 5.56 Å². The van der Waals surface area contributed by atoms with Gasteiger partial charge in [0.2, 0.25) is 0 Å². The molecule has 0 heterocycles. The highest BCUT2D eigenvalue weighted by Crippen LogP contribution is 2.24. The average molecular weight is 317 g/mol. The zero-order valence-electron chi connectivity index (χ0n) is 9.57. The van der Waals surface area contributed by atoms with E-state index in [1.807, 2.05) is 18.2 Å². The van der Waals surface area contributed by atoms with E-state index in [0.29, 0.717) is 4.99 Å². The van der Waals surface area contributed by atoms with E-state index >= 15 is 0 Å². The SMILES string of the molecule is COC(=O)CN(C)c1cc(Br)ccc1C(N)=S. The molecule has 17 heavy (non-hydrogen) atoms. The van der Waals surface area contributed by atoms with Crippen LogP contribution < -0.4 is 10.6 Å². The van der Waals surface area contributed by atoms with Gasteiger partial charge in [0.05, 0.1) is 7.11 Å². The summed E-state index contributed by atoms with van der Waals surface area (Å²) in [5.74, 6) is -0.318. The molecule has 92 valence electrons. The van der Waals surface area contributed by atoms with Crippen molar-refractivity contribution in [2.75, 3.05) is 25.6 Å². The lowest BCUT2D eigenvalue weighted by Crippen LogP contribution is -2.28. The Kier molecular flexibility index (Phi) is 4.89. The lowest BCUT2D eigenvalue weighted by Gasteiger charge is -2.21. The van der Waals surface area contributed by atoms with Crippen molar-refractivity contribution in [2.45, 2.75) is 0 Å². The molecule has 0 atom stereocenters. The molecule has 0 aliphatic carbocycles. The largest absolute Gasteiger partial charge is 0.468 e. The third-order valence-electron chi connectivity index (χ3n) is 2.23. The highest BCUT2D eigenvalue weighted by Gasteiger charge is 2.13. The Hall–Kier alpha value is -1.14. The van der Waals surface area contributed by atoms with Gasteiger partial charge in [-0.2, -0.15) is 0 Å². The normalized spacial score (nSPS) is 9.82. The van der Waals surface area contributed by atoms with Gasteiger partial charge in [0.25, 0.3) is 0 Å². The van der Waals surface area contributed by atoms with E-state index in [0.717, 1.165) is 15.7 Å². The molecular formula is C11H13BrN2O2S. The Morgan fingerprint density at radius 1 is 1.59 bits per heavy atom. The van der Waals surface area contributed by atoms with E-state index in [4.69, 9.17) is 18.0 Å². The summed E-state index contributed by atoms with van der Waals surface area (Å²) in [6.45, 7) is 0.141. The minimum absolute atomic E-state index is 0.141. The first-order chi connectivity index (χ1) is 7.95. The smallest absolute Gasteiger partial charge is 0.325 e. The molecule has 4 nitrogen and oxygen atoms in total. The summed E-state index contributed by atoms with van der Waals surface area (Å²) in [6, 6.07) is 5.52. The average Bonchev–Trinajstić information content (AvgIpc) is 2.28. The van der Waals surface area contributed by atoms with E-state index in [2.05, 4.69) is 20.7 Å². The number of methoxy groups -OCH3 is 1. The quantitative estimate of drug-likeness (QED) is 0.676. The van der Waals surface area contributed by atoms with Gasteiger partial charge in [-0.1, -0.05) is 28.1 Å². The number of halogens is 1. The van der Waals surface area contributed by atoms with Gasteiger partial charge in [-0.15, -0.1) is 0 Å². The predicted molar refractivity (Wildman–Crippen MR) is 75.3 cm³/mol. The molecule has 0 fully saturated rings. The first-order valence-electron chi connectivity index (χ1n) is 4.83. The van der Waals surface area contributed by atoms with Crippen molar-refractivity contribution in [2.24, 2.45) is 5.73 Å². The second-order valence-corrected chi connectivity index (χ2v) is 4.81. The monoisotopic (exact) mass is 316 g/mol. The topological polar surface area (TPSA) is 55.6 Å². The number of hydrogen-bond acceptors (Lipinski definition) is 4. The minimum atomic E-state index is -0.318. The van der Waals surface area contributed by atoms with Crippen molar-refractivity contribution in [3.05, 3.63) is 28.2 Å². The summed E-state index contributed by atoms with van der Waals surface area (Å²) in [4.78, 5) is 13.3. The van der Waals surface area contributed by atoms with Crippen LogP contribution in [0.15, 0.2) is 22.7 Å². The molecular weight excluding hydrogens is 304 g/mol. The van der Waals surface area contributed by atoms with Crippen LogP contribution in [-0.4, -0.2) is 31.7 Å². The number of hydrogen-bond donors (Lipinski definition) is 1. The molecule has 0 aliphatic rings. The maximum atomic E-state index is 11.2. The van der Waals surface area contributed by atoms with Crippen molar-refractivity contribution in [3.63, 3.8) is 0 Å². The number of anilines is 1. The highest BCUT2D eigenvalue weighted by atomic mass is 79.9. The molecule has 0 radical (unpaired) electrons. The fraction of sp³-hybridized carbons (Fsp3) is 0.273. The first kappa shape index (κ1) is 13.9. The highest BCUT2D eigenvalue weighted by molar-refractivity contribution is 9.10. The van der Waals surface area contributed by atoms with E-state index < -0.39 is 0 Å². The Balaban J connectivity index is 3.06. The maximum Gasteiger partial charge on any atom is 0.325 e. The van der Waals surface area contributed by atoms with Crippen molar-refractivity contribution in [1.29, 1.82) is 0 Å². The Bertz CT molecular complexity index is 451. The number of thiocarbonyl (C=S) groups is 1. The number of ether oxygens (including phenoxy) is 1. The lowest BCUT2D eigenvalue weighted by atomic mass is 10.1. The van der Waals surface area contributed by atoms with Crippen LogP contribution in [0.25, 0.3) is 0 Å². The van der Waals surface area contributed by atoms with Gasteiger partial charge in [0, 0.05) is 22.8 Å². The molecule has 0 saturated carbocycles. The van der Waals surface area contributed by atoms with E-state index in [1.165, 1.54) is 7.11 Å². The number of carbonyl (C=O) groups is 1. The van der Waals surface area contributed by atoms with Crippen LogP contribution >= 0.6 is 28.1 Å². The van der Waals surface area contributed by atoms with Crippen LogP contribution in [0, 0.1) is 0 Å². The summed E-state index contributed by atoms with van der Waals surface area (Å²) < 4.78 is 5.51. The Morgan fingerprint density at radius 3 is 2.76 bits per heavy atom. The molecule has 0 saturated heterocycles. The number of rotatable bonds is 4. The molecule has 0 aliphatic heterocycles. The second-order valence-electron chi connectivity index (χ2n) is 3.46. The van der Waals surface area contributed by atoms with Gasteiger partial charge in [0.15, 0.2) is 0 Å². The molecule has 0 amide bonds. The number of likely N-dealkylation sites (N-methyl/N-ethyl adjacent to an activating group) is 1. The molecule has 0 aromatic heterocycles. The van der Waals surface area contributed by atoms with E-state index in [9.17, 15) is 4.79 Å². The van der Waals surface area contributed by atoms with Gasteiger partial charge in [-0.3, -0.25) is 4.79 Å². The van der Waals surface area contributed by atoms with Gasteiger partial charge in [-0.05, 0) is 18.2 Å². The molecule has 0 bridgehead atoms. The second kappa shape index (κ2) is 5.97. The summed E-state index contributed by atoms with van der Waals surface area (Å²) in [5.41, 5.74) is 7.16. The van der Waals surface area contributed by atoms with Crippen molar-refractivity contribution in [3.8, 4) is 0 Å². The van der Waals surface area contributed by atoms with Crippen LogP contribution in [0.2, 0.25) is 0 Å². The zero-order chi connectivity index (χ0) is 13.0. The molecule has 1 aromatic carbocycles. The zero-order valence-corrected chi connectivity index (χ0v) is 12.0. The van der Waals surface area contributed by atoms with E-state index in [-0.39, 0.29) is 12.5 Å². The van der Waals surface area contributed by atoms with Gasteiger partial charge in [0.1, 0.15) is 11.5 Å². The number of nitrogens with zero attached hydrogens (tertiary/aromatic N) is 1. The summed E-state index contributed by atoms with van der Waals surface area (Å²) in [6.07, 6.45) is 0. The maximum absolute atomic E-state index is 11.2. The first-order valence-corrected chi connectivity index (χ1v) is 6.03. The van der Waals surface area contributed by atoms with Crippen molar-refractivity contribution < 1.29 is 9.53 Å². The fourth-order valence-corrected chi connectivity index (χ4v) is 1.89. The molecule has 0 spiro atoms. The summed E-state index contributed by atoms with van der Waals surface area (Å²) >= 11 is 8.34. The van der Waals surface area contributed by atoms with Gasteiger partial charge >= 0.3 is 5.97 Å². The fourth-order valence-electron chi connectivity index (χ4n) is 1.37. The summed E-state index contributed by atoms with van der Waals surface area (Å²) in [5, 5.41) is 0. The van der Waals surface area contributed by atoms with Crippen LogP contribution in [0.4, 0.5) is 5.69 Å². The number of esters is 1. The van der Waals surface area contributed by atoms with Crippen LogP contribution in [0.3, 0.4) is 0 Å². The molecule has 6 heteroatoms. The Labute approximate surface area is 114 Å². The number of benzene rings is 1. The van der Waals surface area contributed by atoms with Crippen molar-refractivity contribution >= 4 is 44.8 Å². The van der Waals surface area contributed by atoms with Gasteiger partial charge in [-0.25, -0.2) is 0 Å². The van der Waals surface area contributed by atoms with Crippen LogP contribution in [-0.2, 0) is 9.53 Å². The molecule has 0 unspecified atom stereocenters. The third kappa shape index (κ3) is 3.67. The van der Waals surface area contributed by atoms with Crippen LogP contribution in [0.5, 0.6) is 0 Å². The summed E-state index contributed by atoms with van der Waals surface area (Å²) in [7, 11) is 3.13. The number of nitrogens with two attached hydrogens (primary N) is 1.